The topological polar surface area (TPSA) is 81.2 Å². The van der Waals surface area contributed by atoms with Crippen molar-refractivity contribution >= 4 is 43.1 Å². The lowest BCUT2D eigenvalue weighted by Gasteiger charge is -2.26. The van der Waals surface area contributed by atoms with Crippen LogP contribution in [0.3, 0.4) is 0 Å². The molecule has 0 atom stereocenters. The normalized spacial score (nSPS) is 11.5. The van der Waals surface area contributed by atoms with E-state index >= 15 is 0 Å². The first-order valence-electron chi connectivity index (χ1n) is 20.5. The summed E-state index contributed by atoms with van der Waals surface area (Å²) in [6.07, 6.45) is 7.49. The third-order valence-electron chi connectivity index (χ3n) is 11.1. The number of benzene rings is 7. The lowest BCUT2D eigenvalue weighted by Crippen LogP contribution is -2.13. The molecular weight excluding hydrogens is 761 g/mol. The van der Waals surface area contributed by atoms with Gasteiger partial charge in [0.2, 0.25) is 5.75 Å². The van der Waals surface area contributed by atoms with E-state index < -0.39 is 0 Å². The summed E-state index contributed by atoms with van der Waals surface area (Å²) in [4.78, 5) is 9.07. The number of nitrogens with zero attached hydrogens (tertiary/aromatic N) is 2. The van der Waals surface area contributed by atoms with Crippen LogP contribution in [0.25, 0.3) is 87.6 Å². The molecular formula is C53H46N2O6. The van der Waals surface area contributed by atoms with Crippen LogP contribution in [0.4, 0.5) is 0 Å². The van der Waals surface area contributed by atoms with Crippen LogP contribution in [-0.2, 0) is 14.2 Å². The number of hydrogen-bond acceptors (Lipinski definition) is 8. The van der Waals surface area contributed by atoms with Gasteiger partial charge >= 0.3 is 0 Å². The Balaban J connectivity index is 1.47. The van der Waals surface area contributed by atoms with Crippen LogP contribution in [0, 0.1) is 0 Å². The molecule has 0 aliphatic rings. The van der Waals surface area contributed by atoms with Gasteiger partial charge in [-0.3, -0.25) is 9.97 Å². The molecule has 9 rings (SSSR count). The van der Waals surface area contributed by atoms with E-state index in [2.05, 4.69) is 125 Å². The van der Waals surface area contributed by atoms with Crippen molar-refractivity contribution in [2.75, 3.05) is 61.0 Å². The molecule has 9 aromatic rings. The van der Waals surface area contributed by atoms with Crippen molar-refractivity contribution in [3.05, 3.63) is 152 Å². The average molecular weight is 807 g/mol. The molecule has 0 fully saturated rings. The number of pyridine rings is 2. The summed E-state index contributed by atoms with van der Waals surface area (Å²) in [5.74, 6) is 1.58. The summed E-state index contributed by atoms with van der Waals surface area (Å²) < 4.78 is 37.3. The Morgan fingerprint density at radius 1 is 0.344 bits per heavy atom. The van der Waals surface area contributed by atoms with E-state index in [4.69, 9.17) is 28.4 Å². The Hall–Kier alpha value is -6.84. The predicted octanol–water partition coefficient (Wildman–Crippen LogP) is 11.8. The first-order valence-corrected chi connectivity index (χ1v) is 20.5. The molecule has 2 aromatic heterocycles. The predicted molar refractivity (Wildman–Crippen MR) is 246 cm³/mol. The first kappa shape index (κ1) is 39.6. The monoisotopic (exact) mass is 806 g/mol. The second-order valence-corrected chi connectivity index (χ2v) is 14.6. The highest BCUT2D eigenvalue weighted by molar-refractivity contribution is 6.24. The van der Waals surface area contributed by atoms with Gasteiger partial charge in [0.15, 0.2) is 11.5 Å². The summed E-state index contributed by atoms with van der Waals surface area (Å²) in [6, 6.07) is 44.7. The van der Waals surface area contributed by atoms with Gasteiger partial charge in [-0.25, -0.2) is 0 Å². The van der Waals surface area contributed by atoms with Crippen molar-refractivity contribution < 1.29 is 28.4 Å². The molecule has 0 saturated carbocycles. The fourth-order valence-electron chi connectivity index (χ4n) is 8.57. The molecule has 0 unspecified atom stereocenters. The standard InChI is InChI=1S/C53H46N2O6/c1-56-26-29-59-51-45(49-41-20-8-4-16-37(41)47(35-14-12-24-54-33-35)38-17-5-9-21-42(38)49)32-46(52(60-30-27-57-2)53(51)61-31-28-58-3)50-43-22-10-6-18-39(43)48(36-15-13-25-55-34-36)40-19-7-11-23-44(40)50/h4-25,32-34H,26-31H2,1-3H3. The van der Waals surface area contributed by atoms with Gasteiger partial charge in [0.1, 0.15) is 19.8 Å². The quantitative estimate of drug-likeness (QED) is 0.0705. The van der Waals surface area contributed by atoms with Gasteiger partial charge in [-0.2, -0.15) is 0 Å². The van der Waals surface area contributed by atoms with Crippen molar-refractivity contribution in [1.29, 1.82) is 0 Å². The van der Waals surface area contributed by atoms with E-state index in [0.29, 0.717) is 37.1 Å². The fraction of sp³-hybridized carbons (Fsp3) is 0.170. The Kier molecular flexibility index (Phi) is 11.8. The van der Waals surface area contributed by atoms with Crippen LogP contribution in [0.2, 0.25) is 0 Å². The van der Waals surface area contributed by atoms with Gasteiger partial charge < -0.3 is 28.4 Å². The Bertz CT molecular complexity index is 2660. The SMILES string of the molecule is COCCOc1c(-c2c3ccccc3c(-c3cccnc3)c3ccccc23)cc(-c2c3ccccc3c(-c3cccnc3)c3ccccc23)c(OCCOC)c1OCCOC. The van der Waals surface area contributed by atoms with Crippen LogP contribution < -0.4 is 14.2 Å². The van der Waals surface area contributed by atoms with Crippen molar-refractivity contribution in [3.8, 4) is 61.8 Å². The molecule has 0 saturated heterocycles. The molecule has 0 amide bonds. The van der Waals surface area contributed by atoms with Crippen molar-refractivity contribution in [2.45, 2.75) is 0 Å². The second-order valence-electron chi connectivity index (χ2n) is 14.6. The number of rotatable bonds is 16. The van der Waals surface area contributed by atoms with Crippen LogP contribution in [0.5, 0.6) is 17.2 Å². The van der Waals surface area contributed by atoms with E-state index in [1.807, 2.05) is 36.9 Å². The van der Waals surface area contributed by atoms with Crippen LogP contribution in [0.1, 0.15) is 0 Å². The summed E-state index contributed by atoms with van der Waals surface area (Å²) in [7, 11) is 5.01. The van der Waals surface area contributed by atoms with Gasteiger partial charge in [-0.1, -0.05) is 109 Å². The fourth-order valence-corrected chi connectivity index (χ4v) is 8.57. The number of ether oxygens (including phenoxy) is 6. The maximum Gasteiger partial charge on any atom is 0.204 e. The van der Waals surface area contributed by atoms with Gasteiger partial charge in [-0.05, 0) is 72.4 Å². The minimum absolute atomic E-state index is 0.254. The van der Waals surface area contributed by atoms with Crippen LogP contribution >= 0.6 is 0 Å². The molecule has 0 radical (unpaired) electrons. The molecule has 7 aromatic carbocycles. The molecule has 0 N–H and O–H groups in total. The first-order chi connectivity index (χ1) is 30.2. The molecule has 2 heterocycles. The molecule has 8 heteroatoms. The average Bonchev–Trinajstić information content (AvgIpc) is 3.31. The molecule has 61 heavy (non-hydrogen) atoms. The Morgan fingerprint density at radius 2 is 0.656 bits per heavy atom. The van der Waals surface area contributed by atoms with Crippen molar-refractivity contribution in [2.24, 2.45) is 0 Å². The second kappa shape index (κ2) is 18.2. The molecule has 304 valence electrons. The molecule has 8 nitrogen and oxygen atoms in total. The number of hydrogen-bond donors (Lipinski definition) is 0. The number of fused-ring (bicyclic) bond motifs is 4. The number of methoxy groups -OCH3 is 3. The van der Waals surface area contributed by atoms with Gasteiger partial charge in [-0.15, -0.1) is 0 Å². The third kappa shape index (κ3) is 7.50. The maximum absolute atomic E-state index is 6.88. The maximum atomic E-state index is 6.88. The van der Waals surface area contributed by atoms with E-state index in [9.17, 15) is 0 Å². The minimum Gasteiger partial charge on any atom is -0.486 e. The zero-order valence-electron chi connectivity index (χ0n) is 34.5. The zero-order chi connectivity index (χ0) is 41.5. The van der Waals surface area contributed by atoms with E-state index in [1.54, 1.807) is 21.3 Å². The van der Waals surface area contributed by atoms with Crippen LogP contribution in [0.15, 0.2) is 152 Å². The highest BCUT2D eigenvalue weighted by Crippen LogP contribution is 2.56. The van der Waals surface area contributed by atoms with Crippen LogP contribution in [-0.4, -0.2) is 70.9 Å². The Morgan fingerprint density at radius 3 is 0.951 bits per heavy atom. The van der Waals surface area contributed by atoms with Gasteiger partial charge in [0.25, 0.3) is 0 Å². The summed E-state index contributed by atoms with van der Waals surface area (Å²) >= 11 is 0. The van der Waals surface area contributed by atoms with Gasteiger partial charge in [0.05, 0.1) is 19.8 Å². The van der Waals surface area contributed by atoms with E-state index in [0.717, 1.165) is 87.6 Å². The Labute approximate surface area is 355 Å². The zero-order valence-corrected chi connectivity index (χ0v) is 34.5. The summed E-state index contributed by atoms with van der Waals surface area (Å²) in [5, 5.41) is 8.58. The molecule has 0 aliphatic carbocycles. The molecule has 0 bridgehead atoms. The third-order valence-corrected chi connectivity index (χ3v) is 11.1. The highest BCUT2D eigenvalue weighted by atomic mass is 16.6. The molecule has 0 spiro atoms. The van der Waals surface area contributed by atoms with Gasteiger partial charge in [0, 0.05) is 79.5 Å². The summed E-state index contributed by atoms with van der Waals surface area (Å²) in [6.45, 7) is 1.89. The minimum atomic E-state index is 0.254. The lowest BCUT2D eigenvalue weighted by molar-refractivity contribution is 0.124. The number of aromatic nitrogens is 2. The van der Waals surface area contributed by atoms with E-state index in [-0.39, 0.29) is 19.8 Å². The summed E-state index contributed by atoms with van der Waals surface area (Å²) in [5.41, 5.74) is 8.03. The smallest absolute Gasteiger partial charge is 0.204 e. The van der Waals surface area contributed by atoms with E-state index in [1.165, 1.54) is 0 Å². The highest BCUT2D eigenvalue weighted by Gasteiger charge is 2.30. The van der Waals surface area contributed by atoms with Crippen molar-refractivity contribution in [1.82, 2.24) is 9.97 Å². The van der Waals surface area contributed by atoms with Crippen molar-refractivity contribution in [3.63, 3.8) is 0 Å². The lowest BCUT2D eigenvalue weighted by atomic mass is 9.83. The molecule has 0 aliphatic heterocycles. The largest absolute Gasteiger partial charge is 0.486 e.